The molecule has 0 aromatic heterocycles. The Kier molecular flexibility index (Phi) is 2.92. The Morgan fingerprint density at radius 1 is 1.13 bits per heavy atom. The van der Waals surface area contributed by atoms with Crippen molar-refractivity contribution in [3.63, 3.8) is 0 Å². The van der Waals surface area contributed by atoms with Gasteiger partial charge in [0.1, 0.15) is 0 Å². The number of halogens is 2. The molecule has 4 rings (SSSR count). The summed E-state index contributed by atoms with van der Waals surface area (Å²) >= 11 is 0. The zero-order chi connectivity index (χ0) is 9.81. The van der Waals surface area contributed by atoms with Crippen molar-refractivity contribution in [2.24, 2.45) is 23.0 Å². The lowest BCUT2D eigenvalue weighted by Crippen LogP contribution is -2.60. The number of hydrogen-bond acceptors (Lipinski definition) is 1. The zero-order valence-corrected chi connectivity index (χ0v) is 10.9. The van der Waals surface area contributed by atoms with Gasteiger partial charge in [0.05, 0.1) is 6.67 Å². The first-order chi connectivity index (χ1) is 6.63. The van der Waals surface area contributed by atoms with Gasteiger partial charge in [0.15, 0.2) is 0 Å². The van der Waals surface area contributed by atoms with E-state index in [1.807, 2.05) is 0 Å². The van der Waals surface area contributed by atoms with Gasteiger partial charge in [0.25, 0.3) is 0 Å². The number of nitrogens with two attached hydrogens (primary N) is 1. The van der Waals surface area contributed by atoms with Gasteiger partial charge in [0, 0.05) is 5.54 Å². The first kappa shape index (κ1) is 11.8. The van der Waals surface area contributed by atoms with Crippen LogP contribution < -0.4 is 5.73 Å². The summed E-state index contributed by atoms with van der Waals surface area (Å²) in [5.74, 6) is 1.65. The van der Waals surface area contributed by atoms with Crippen molar-refractivity contribution in [2.45, 2.75) is 50.5 Å². The van der Waals surface area contributed by atoms with Crippen molar-refractivity contribution in [1.82, 2.24) is 0 Å². The molecule has 2 atom stereocenters. The molecule has 15 heavy (non-hydrogen) atoms. The molecule has 0 amide bonds. The molecule has 0 aromatic carbocycles. The van der Waals surface area contributed by atoms with Crippen LogP contribution in [-0.4, -0.2) is 12.2 Å². The molecule has 1 nitrogen and oxygen atoms in total. The summed E-state index contributed by atoms with van der Waals surface area (Å²) in [6.07, 6.45) is 8.25. The van der Waals surface area contributed by atoms with E-state index in [0.29, 0.717) is 5.41 Å². The summed E-state index contributed by atoms with van der Waals surface area (Å²) < 4.78 is 12.6. The number of hydrogen-bond donors (Lipinski definition) is 1. The minimum absolute atomic E-state index is 0. The Bertz CT molecular complexity index is 242. The molecule has 0 spiro atoms. The minimum atomic E-state index is -0.143. The molecule has 2 unspecified atom stereocenters. The average molecular weight is 278 g/mol. The molecule has 2 N–H and O–H groups in total. The molecule has 0 aliphatic heterocycles. The third-order valence-corrected chi connectivity index (χ3v) is 4.85. The van der Waals surface area contributed by atoms with Crippen LogP contribution in [0.5, 0.6) is 0 Å². The first-order valence-corrected chi connectivity index (χ1v) is 5.98. The monoisotopic (exact) mass is 277 g/mol. The molecule has 4 aliphatic rings. The zero-order valence-electron chi connectivity index (χ0n) is 9.18. The second kappa shape index (κ2) is 3.69. The molecule has 0 heterocycles. The quantitative estimate of drug-likeness (QED) is 0.824. The second-order valence-electron chi connectivity index (χ2n) is 6.26. The van der Waals surface area contributed by atoms with Gasteiger partial charge in [-0.3, -0.25) is 4.39 Å². The predicted octanol–water partition coefficient (Wildman–Crippen LogP) is 3.22. The Hall–Kier alpha value is 0.370. The van der Waals surface area contributed by atoms with E-state index in [9.17, 15) is 4.39 Å². The first-order valence-electron chi connectivity index (χ1n) is 5.98. The van der Waals surface area contributed by atoms with E-state index in [4.69, 9.17) is 5.73 Å². The lowest BCUT2D eigenvalue weighted by molar-refractivity contribution is -0.0733. The lowest BCUT2D eigenvalue weighted by atomic mass is 9.46. The standard InChI is InChI=1S/C12H20FN.BrH/c13-2-1-11-4-9-3-10(5-11)7-12(14,6-9)8-11;/h9-10H,1-8,14H2;1H. The van der Waals surface area contributed by atoms with Crippen molar-refractivity contribution in [2.75, 3.05) is 6.67 Å². The summed E-state index contributed by atoms with van der Waals surface area (Å²) in [6, 6.07) is 0. The van der Waals surface area contributed by atoms with Gasteiger partial charge in [-0.25, -0.2) is 0 Å². The fraction of sp³-hybridized carbons (Fsp3) is 1.00. The third-order valence-electron chi connectivity index (χ3n) is 4.85. The predicted molar refractivity (Wildman–Crippen MR) is 64.9 cm³/mol. The van der Waals surface area contributed by atoms with E-state index in [1.54, 1.807) is 0 Å². The lowest BCUT2D eigenvalue weighted by Gasteiger charge is -2.61. The molecular weight excluding hydrogens is 257 g/mol. The fourth-order valence-corrected chi connectivity index (χ4v) is 5.02. The van der Waals surface area contributed by atoms with Gasteiger partial charge in [0.2, 0.25) is 0 Å². The van der Waals surface area contributed by atoms with Crippen LogP contribution in [0, 0.1) is 17.3 Å². The van der Waals surface area contributed by atoms with Crippen molar-refractivity contribution in [3.05, 3.63) is 0 Å². The maximum atomic E-state index is 12.6. The highest BCUT2D eigenvalue weighted by atomic mass is 79.9. The van der Waals surface area contributed by atoms with Crippen LogP contribution in [0.4, 0.5) is 4.39 Å². The van der Waals surface area contributed by atoms with Crippen molar-refractivity contribution < 1.29 is 4.39 Å². The van der Waals surface area contributed by atoms with Crippen LogP contribution in [0.2, 0.25) is 0 Å². The Labute approximate surface area is 102 Å². The fourth-order valence-electron chi connectivity index (χ4n) is 5.02. The SMILES string of the molecule is Br.NC12CC3CC(C1)CC(CCF)(C3)C2. The topological polar surface area (TPSA) is 26.0 Å². The normalized spacial score (nSPS) is 51.6. The Morgan fingerprint density at radius 2 is 1.73 bits per heavy atom. The summed E-state index contributed by atoms with van der Waals surface area (Å²) in [4.78, 5) is 0. The van der Waals surface area contributed by atoms with Gasteiger partial charge in [-0.1, -0.05) is 0 Å². The van der Waals surface area contributed by atoms with E-state index in [-0.39, 0.29) is 29.2 Å². The molecule has 0 saturated heterocycles. The van der Waals surface area contributed by atoms with E-state index in [1.165, 1.54) is 32.1 Å². The molecule has 0 aromatic rings. The Balaban J connectivity index is 0.000000853. The summed E-state index contributed by atoms with van der Waals surface area (Å²) in [6.45, 7) is -0.143. The number of alkyl halides is 1. The van der Waals surface area contributed by atoms with Gasteiger partial charge in [-0.05, 0) is 62.2 Å². The summed E-state index contributed by atoms with van der Waals surface area (Å²) in [5.41, 5.74) is 6.82. The molecule has 88 valence electrons. The van der Waals surface area contributed by atoms with Gasteiger partial charge in [-0.2, -0.15) is 0 Å². The smallest absolute Gasteiger partial charge is 0.0899 e. The molecular formula is C12H21BrFN. The molecule has 4 fully saturated rings. The van der Waals surface area contributed by atoms with Crippen LogP contribution >= 0.6 is 17.0 Å². The van der Waals surface area contributed by atoms with Crippen molar-refractivity contribution >= 4 is 17.0 Å². The molecule has 4 aliphatic carbocycles. The van der Waals surface area contributed by atoms with Crippen LogP contribution in [0.15, 0.2) is 0 Å². The highest BCUT2D eigenvalue weighted by Crippen LogP contribution is 2.61. The maximum Gasteiger partial charge on any atom is 0.0899 e. The number of rotatable bonds is 2. The van der Waals surface area contributed by atoms with Crippen LogP contribution in [0.1, 0.15) is 44.9 Å². The Morgan fingerprint density at radius 3 is 2.20 bits per heavy atom. The van der Waals surface area contributed by atoms with Gasteiger partial charge < -0.3 is 5.73 Å². The maximum absolute atomic E-state index is 12.6. The van der Waals surface area contributed by atoms with Crippen LogP contribution in [-0.2, 0) is 0 Å². The van der Waals surface area contributed by atoms with E-state index in [0.717, 1.165) is 24.7 Å². The third kappa shape index (κ3) is 1.86. The van der Waals surface area contributed by atoms with Crippen LogP contribution in [0.3, 0.4) is 0 Å². The molecule has 0 radical (unpaired) electrons. The van der Waals surface area contributed by atoms with Crippen LogP contribution in [0.25, 0.3) is 0 Å². The van der Waals surface area contributed by atoms with E-state index < -0.39 is 0 Å². The van der Waals surface area contributed by atoms with Gasteiger partial charge in [-0.15, -0.1) is 17.0 Å². The summed E-state index contributed by atoms with van der Waals surface area (Å²) in [5, 5.41) is 0. The van der Waals surface area contributed by atoms with Crippen molar-refractivity contribution in [1.29, 1.82) is 0 Å². The molecule has 4 bridgehead atoms. The highest BCUT2D eigenvalue weighted by Gasteiger charge is 2.55. The minimum Gasteiger partial charge on any atom is -0.325 e. The molecule has 4 saturated carbocycles. The van der Waals surface area contributed by atoms with E-state index >= 15 is 0 Å². The van der Waals surface area contributed by atoms with Gasteiger partial charge >= 0.3 is 0 Å². The second-order valence-corrected chi connectivity index (χ2v) is 6.26. The average Bonchev–Trinajstić information content (AvgIpc) is 1.97. The highest BCUT2D eigenvalue weighted by molar-refractivity contribution is 8.93. The summed E-state index contributed by atoms with van der Waals surface area (Å²) in [7, 11) is 0. The largest absolute Gasteiger partial charge is 0.325 e. The van der Waals surface area contributed by atoms with Crippen molar-refractivity contribution in [3.8, 4) is 0 Å². The molecule has 3 heteroatoms. The van der Waals surface area contributed by atoms with E-state index in [2.05, 4.69) is 0 Å².